The van der Waals surface area contributed by atoms with Crippen LogP contribution in [0.15, 0.2) is 0 Å². The van der Waals surface area contributed by atoms with Crippen LogP contribution < -0.4 is 0 Å². The van der Waals surface area contributed by atoms with E-state index in [0.29, 0.717) is 0 Å². The zero-order chi connectivity index (χ0) is 22.3. The van der Waals surface area contributed by atoms with Gasteiger partial charge in [-0.05, 0) is 19.1 Å². The molecule has 0 spiro atoms. The van der Waals surface area contributed by atoms with E-state index in [1.54, 1.807) is 0 Å². The van der Waals surface area contributed by atoms with Crippen LogP contribution in [0, 0.1) is 0 Å². The molecule has 1 unspecified atom stereocenters. The quantitative estimate of drug-likeness (QED) is 0.133. The second kappa shape index (κ2) is 22.7. The summed E-state index contributed by atoms with van der Waals surface area (Å²) in [4.78, 5) is 0. The van der Waals surface area contributed by atoms with E-state index < -0.39 is 10.8 Å². The van der Waals surface area contributed by atoms with Crippen LogP contribution in [0.1, 0.15) is 155 Å². The molecule has 0 radical (unpaired) electrons. The van der Waals surface area contributed by atoms with Gasteiger partial charge in [-0.25, -0.2) is 0 Å². The molecule has 0 heterocycles. The summed E-state index contributed by atoms with van der Waals surface area (Å²) < 4.78 is 12.6. The number of hydrogen-bond acceptors (Lipinski definition) is 2. The fourth-order valence-corrected chi connectivity index (χ4v) is 7.00. The molecule has 0 saturated heterocycles. The molecule has 0 aliphatic heterocycles. The molecule has 0 bridgehead atoms. The van der Waals surface area contributed by atoms with Crippen LogP contribution in [0.4, 0.5) is 0 Å². The van der Waals surface area contributed by atoms with Gasteiger partial charge >= 0.3 is 0 Å². The van der Waals surface area contributed by atoms with E-state index in [2.05, 4.69) is 20.1 Å². The van der Waals surface area contributed by atoms with Gasteiger partial charge in [0.1, 0.15) is 0 Å². The molecular weight excluding hydrogens is 404 g/mol. The third kappa shape index (κ3) is 17.1. The van der Waals surface area contributed by atoms with E-state index in [9.17, 15) is 4.21 Å². The van der Waals surface area contributed by atoms with Crippen LogP contribution in [0.25, 0.3) is 0 Å². The lowest BCUT2D eigenvalue weighted by Gasteiger charge is -2.30. The molecule has 0 fully saturated rings. The van der Waals surface area contributed by atoms with E-state index in [0.717, 1.165) is 12.8 Å². The Morgan fingerprint density at radius 2 is 0.800 bits per heavy atom. The minimum atomic E-state index is -0.726. The van der Waals surface area contributed by atoms with E-state index >= 15 is 0 Å². The Labute approximate surface area is 198 Å². The predicted molar refractivity (Wildman–Crippen MR) is 143 cm³/mol. The molecule has 0 aromatic rings. The largest absolute Gasteiger partial charge is 0.258 e. The van der Waals surface area contributed by atoms with Crippen molar-refractivity contribution < 1.29 is 4.21 Å². The summed E-state index contributed by atoms with van der Waals surface area (Å²) in [7, 11) is -0.726. The maximum Gasteiger partial charge on any atom is 0.0903 e. The lowest BCUT2D eigenvalue weighted by atomic mass is 10.0. The molecule has 3 heteroatoms. The molecule has 0 amide bonds. The summed E-state index contributed by atoms with van der Waals surface area (Å²) in [5, 5.41) is 0. The van der Waals surface area contributed by atoms with E-state index in [1.807, 2.05) is 18.0 Å². The highest BCUT2D eigenvalue weighted by atomic mass is 32.2. The maximum atomic E-state index is 12.6. The number of hydrogen-bond donors (Lipinski definition) is 0. The minimum Gasteiger partial charge on any atom is -0.258 e. The van der Waals surface area contributed by atoms with Crippen molar-refractivity contribution in [2.75, 3.05) is 12.5 Å². The molecule has 0 aromatic carbocycles. The summed E-state index contributed by atoms with van der Waals surface area (Å²) in [6.07, 6.45) is 34.0. The van der Waals surface area contributed by atoms with Crippen molar-refractivity contribution in [3.05, 3.63) is 0 Å². The Balaban J connectivity index is 3.82. The highest BCUT2D eigenvalue weighted by molar-refractivity contribution is 8.11. The number of rotatable bonds is 24. The van der Waals surface area contributed by atoms with E-state index in [4.69, 9.17) is 0 Å². The molecule has 182 valence electrons. The second-order valence-corrected chi connectivity index (χ2v) is 12.6. The zero-order valence-corrected chi connectivity index (χ0v) is 22.9. The fourth-order valence-electron chi connectivity index (χ4n) is 4.50. The standard InChI is InChI=1S/C27H56OS2/c1-5-7-9-11-13-15-17-19-21-23-25-27(29-3,30(4)28)26-24-22-20-18-16-14-12-10-8-6-2/h5-26H2,1-4H3. The molecule has 1 nitrogen and oxygen atoms in total. The van der Waals surface area contributed by atoms with Crippen LogP contribution in [0.3, 0.4) is 0 Å². The van der Waals surface area contributed by atoms with Crippen molar-refractivity contribution >= 4 is 22.6 Å². The molecule has 0 saturated carbocycles. The van der Waals surface area contributed by atoms with Gasteiger partial charge in [0.25, 0.3) is 0 Å². The normalized spacial score (nSPS) is 13.1. The van der Waals surface area contributed by atoms with Gasteiger partial charge in [0, 0.05) is 17.1 Å². The summed E-state index contributed by atoms with van der Waals surface area (Å²) in [5.41, 5.74) is 0. The van der Waals surface area contributed by atoms with Crippen molar-refractivity contribution in [3.8, 4) is 0 Å². The first-order valence-electron chi connectivity index (χ1n) is 13.5. The van der Waals surface area contributed by atoms with Crippen LogP contribution in [0.2, 0.25) is 0 Å². The SMILES string of the molecule is CCCCCCCCCCCCC(CCCCCCCCCCCC)(SC)S(C)=O. The third-order valence-electron chi connectivity index (χ3n) is 6.72. The molecule has 0 N–H and O–H groups in total. The molecule has 1 atom stereocenters. The maximum absolute atomic E-state index is 12.6. The average Bonchev–Trinajstić information content (AvgIpc) is 2.74. The average molecular weight is 461 g/mol. The van der Waals surface area contributed by atoms with Crippen LogP contribution in [-0.2, 0) is 10.8 Å². The lowest BCUT2D eigenvalue weighted by molar-refractivity contribution is 0.506. The van der Waals surface area contributed by atoms with Gasteiger partial charge in [0.2, 0.25) is 0 Å². The van der Waals surface area contributed by atoms with Gasteiger partial charge in [-0.2, -0.15) is 0 Å². The Morgan fingerprint density at radius 1 is 0.533 bits per heavy atom. The van der Waals surface area contributed by atoms with Gasteiger partial charge < -0.3 is 0 Å². The summed E-state index contributed by atoms with van der Waals surface area (Å²) >= 11 is 1.88. The summed E-state index contributed by atoms with van der Waals surface area (Å²) in [5.74, 6) is 0. The van der Waals surface area contributed by atoms with Gasteiger partial charge in [-0.15, -0.1) is 11.8 Å². The third-order valence-corrected chi connectivity index (χ3v) is 10.5. The van der Waals surface area contributed by atoms with Gasteiger partial charge in [-0.1, -0.05) is 142 Å². The first-order valence-corrected chi connectivity index (χ1v) is 16.3. The second-order valence-electron chi connectivity index (χ2n) is 9.43. The number of thioether (sulfide) groups is 1. The topological polar surface area (TPSA) is 17.1 Å². The van der Waals surface area contributed by atoms with Gasteiger partial charge in [0.05, 0.1) is 4.08 Å². The molecule has 0 aliphatic rings. The Hall–Kier alpha value is 0.500. The van der Waals surface area contributed by atoms with Crippen LogP contribution in [-0.4, -0.2) is 20.8 Å². The highest BCUT2D eigenvalue weighted by Gasteiger charge is 2.32. The number of unbranched alkanes of at least 4 members (excludes halogenated alkanes) is 18. The van der Waals surface area contributed by atoms with Gasteiger partial charge in [0.15, 0.2) is 0 Å². The first kappa shape index (κ1) is 30.5. The smallest absolute Gasteiger partial charge is 0.0903 e. The molecule has 30 heavy (non-hydrogen) atoms. The van der Waals surface area contributed by atoms with Crippen molar-refractivity contribution in [2.45, 2.75) is 159 Å². The Bertz CT molecular complexity index is 346. The van der Waals surface area contributed by atoms with Crippen LogP contribution in [0.5, 0.6) is 0 Å². The molecular formula is C27H56OS2. The Morgan fingerprint density at radius 3 is 1.03 bits per heavy atom. The van der Waals surface area contributed by atoms with Crippen molar-refractivity contribution in [2.24, 2.45) is 0 Å². The first-order chi connectivity index (χ1) is 14.6. The fraction of sp³-hybridized carbons (Fsp3) is 1.00. The minimum absolute atomic E-state index is 0.0142. The molecule has 0 rings (SSSR count). The highest BCUT2D eigenvalue weighted by Crippen LogP contribution is 2.37. The van der Waals surface area contributed by atoms with Crippen molar-refractivity contribution in [1.29, 1.82) is 0 Å². The van der Waals surface area contributed by atoms with Crippen molar-refractivity contribution in [3.63, 3.8) is 0 Å². The van der Waals surface area contributed by atoms with Crippen LogP contribution >= 0.6 is 11.8 Å². The van der Waals surface area contributed by atoms with E-state index in [1.165, 1.54) is 128 Å². The van der Waals surface area contributed by atoms with Gasteiger partial charge in [-0.3, -0.25) is 4.21 Å². The molecule has 0 aliphatic carbocycles. The van der Waals surface area contributed by atoms with E-state index in [-0.39, 0.29) is 4.08 Å². The monoisotopic (exact) mass is 460 g/mol. The zero-order valence-electron chi connectivity index (χ0n) is 21.3. The summed E-state index contributed by atoms with van der Waals surface area (Å²) in [6, 6.07) is 0. The van der Waals surface area contributed by atoms with Crippen molar-refractivity contribution in [1.82, 2.24) is 0 Å². The predicted octanol–water partition coefficient (Wildman–Crippen LogP) is 10.0. The lowest BCUT2D eigenvalue weighted by Crippen LogP contribution is -2.29. The Kier molecular flexibility index (Phi) is 23.1. The molecule has 0 aromatic heterocycles. The summed E-state index contributed by atoms with van der Waals surface area (Å²) in [6.45, 7) is 4.57.